The van der Waals surface area contributed by atoms with Crippen molar-refractivity contribution in [2.75, 3.05) is 18.0 Å². The molecule has 0 amide bonds. The van der Waals surface area contributed by atoms with Gasteiger partial charge < -0.3 is 9.32 Å². The van der Waals surface area contributed by atoms with Crippen molar-refractivity contribution in [1.82, 2.24) is 15.0 Å². The number of para-hydroxylation sites is 2. The van der Waals surface area contributed by atoms with E-state index in [0.29, 0.717) is 24.5 Å². The summed E-state index contributed by atoms with van der Waals surface area (Å²) in [4.78, 5) is 14.8. The largest absolute Gasteiger partial charge is 0.440 e. The number of fused-ring (bicyclic) bond motifs is 1. The lowest BCUT2D eigenvalue weighted by atomic mass is 9.98. The summed E-state index contributed by atoms with van der Waals surface area (Å²) in [6.45, 7) is 3.34. The highest BCUT2D eigenvalue weighted by molar-refractivity contribution is 5.72. The molecule has 0 aliphatic carbocycles. The maximum Gasteiger partial charge on any atom is 0.200 e. The molecule has 1 aliphatic rings. The number of aryl methyl sites for hydroxylation is 1. The molecule has 3 heterocycles. The van der Waals surface area contributed by atoms with Crippen LogP contribution in [-0.2, 0) is 6.42 Å². The van der Waals surface area contributed by atoms with Gasteiger partial charge in [0.25, 0.3) is 0 Å². The molecule has 1 fully saturated rings. The molecule has 1 unspecified atom stereocenters. The molecule has 0 bridgehead atoms. The molecule has 1 saturated heterocycles. The first kappa shape index (κ1) is 15.1. The Balaban J connectivity index is 1.62. The Bertz CT molecular complexity index is 830. The molecular weight excluding hydrogens is 307 g/mol. The fraction of sp³-hybridized carbons (Fsp3) is 0.389. The molecule has 1 aromatic carbocycles. The minimum Gasteiger partial charge on any atom is -0.440 e. The molecule has 0 spiro atoms. The molecule has 0 saturated carbocycles. The Hall–Kier alpha value is -2.50. The van der Waals surface area contributed by atoms with E-state index < -0.39 is 0 Å². The van der Waals surface area contributed by atoms with Gasteiger partial charge in [0.05, 0.1) is 11.6 Å². The third-order valence-electron chi connectivity index (χ3n) is 4.56. The number of oxazole rings is 1. The maximum absolute atomic E-state index is 14.5. The van der Waals surface area contributed by atoms with Crippen LogP contribution in [0.25, 0.3) is 11.1 Å². The van der Waals surface area contributed by atoms with Gasteiger partial charge in [-0.1, -0.05) is 19.1 Å². The molecule has 124 valence electrons. The summed E-state index contributed by atoms with van der Waals surface area (Å²) in [6.07, 6.45) is 3.94. The number of hydrogen-bond donors (Lipinski definition) is 0. The van der Waals surface area contributed by atoms with Crippen LogP contribution < -0.4 is 4.90 Å². The predicted octanol–water partition coefficient (Wildman–Crippen LogP) is 3.70. The highest BCUT2D eigenvalue weighted by Crippen LogP contribution is 2.31. The number of aromatic nitrogens is 3. The third kappa shape index (κ3) is 2.62. The Labute approximate surface area is 139 Å². The van der Waals surface area contributed by atoms with Crippen LogP contribution in [0.1, 0.15) is 37.3 Å². The summed E-state index contributed by atoms with van der Waals surface area (Å²) < 4.78 is 20.5. The van der Waals surface area contributed by atoms with E-state index in [4.69, 9.17) is 4.42 Å². The summed E-state index contributed by atoms with van der Waals surface area (Å²) in [7, 11) is 0. The summed E-state index contributed by atoms with van der Waals surface area (Å²) in [5.74, 6) is 0.956. The monoisotopic (exact) mass is 326 g/mol. The zero-order chi connectivity index (χ0) is 16.5. The Kier molecular flexibility index (Phi) is 3.88. The fourth-order valence-corrected chi connectivity index (χ4v) is 3.30. The highest BCUT2D eigenvalue weighted by atomic mass is 19.1. The molecule has 0 radical (unpaired) electrons. The van der Waals surface area contributed by atoms with E-state index in [1.165, 1.54) is 6.33 Å². The number of benzene rings is 1. The third-order valence-corrected chi connectivity index (χ3v) is 4.56. The smallest absolute Gasteiger partial charge is 0.200 e. The van der Waals surface area contributed by atoms with E-state index in [1.54, 1.807) is 0 Å². The lowest BCUT2D eigenvalue weighted by molar-refractivity contribution is 0.409. The zero-order valence-corrected chi connectivity index (χ0v) is 13.6. The van der Waals surface area contributed by atoms with E-state index in [1.807, 2.05) is 36.1 Å². The van der Waals surface area contributed by atoms with Crippen LogP contribution in [0.15, 0.2) is 35.0 Å². The van der Waals surface area contributed by atoms with Crippen molar-refractivity contribution < 1.29 is 8.81 Å². The summed E-state index contributed by atoms with van der Waals surface area (Å²) in [5.41, 5.74) is 2.13. The fourth-order valence-electron chi connectivity index (χ4n) is 3.30. The number of hydrogen-bond acceptors (Lipinski definition) is 5. The van der Waals surface area contributed by atoms with Gasteiger partial charge >= 0.3 is 0 Å². The second-order valence-electron chi connectivity index (χ2n) is 6.12. The second kappa shape index (κ2) is 6.19. The molecule has 4 rings (SSSR count). The van der Waals surface area contributed by atoms with Crippen LogP contribution in [0.5, 0.6) is 0 Å². The Morgan fingerprint density at radius 1 is 1.29 bits per heavy atom. The average molecular weight is 326 g/mol. The molecular formula is C18H19FN4O. The van der Waals surface area contributed by atoms with Gasteiger partial charge in [-0.05, 0) is 31.4 Å². The molecule has 1 aliphatic heterocycles. The average Bonchev–Trinajstić information content (AvgIpc) is 3.06. The van der Waals surface area contributed by atoms with Gasteiger partial charge in [-0.25, -0.2) is 19.3 Å². The standard InChI is InChI=1S/C18H19FN4O/c1-2-13-16(19)17(21-11-20-13)23-9-5-6-12(10-23)18-22-14-7-3-4-8-15(14)24-18/h3-4,7-8,11-12H,2,5-6,9-10H2,1H3. The van der Waals surface area contributed by atoms with Crippen molar-refractivity contribution in [3.8, 4) is 0 Å². The first-order valence-electron chi connectivity index (χ1n) is 8.36. The molecule has 24 heavy (non-hydrogen) atoms. The van der Waals surface area contributed by atoms with Crippen LogP contribution in [0.4, 0.5) is 10.2 Å². The van der Waals surface area contributed by atoms with E-state index >= 15 is 0 Å². The summed E-state index contributed by atoms with van der Waals surface area (Å²) >= 11 is 0. The highest BCUT2D eigenvalue weighted by Gasteiger charge is 2.28. The first-order valence-corrected chi connectivity index (χ1v) is 8.36. The van der Waals surface area contributed by atoms with E-state index in [0.717, 1.165) is 36.4 Å². The molecule has 0 N–H and O–H groups in total. The van der Waals surface area contributed by atoms with Crippen LogP contribution in [0.2, 0.25) is 0 Å². The van der Waals surface area contributed by atoms with E-state index in [9.17, 15) is 4.39 Å². The van der Waals surface area contributed by atoms with Crippen molar-refractivity contribution in [1.29, 1.82) is 0 Å². The minimum atomic E-state index is -0.307. The lowest BCUT2D eigenvalue weighted by Crippen LogP contribution is -2.36. The number of rotatable bonds is 3. The molecule has 3 aromatic rings. The van der Waals surface area contributed by atoms with Crippen molar-refractivity contribution in [3.05, 3.63) is 48.0 Å². The van der Waals surface area contributed by atoms with Gasteiger partial charge in [0.2, 0.25) is 0 Å². The van der Waals surface area contributed by atoms with Crippen LogP contribution in [0, 0.1) is 5.82 Å². The maximum atomic E-state index is 14.5. The van der Waals surface area contributed by atoms with Gasteiger partial charge in [0.1, 0.15) is 11.8 Å². The van der Waals surface area contributed by atoms with Gasteiger partial charge in [-0.2, -0.15) is 0 Å². The predicted molar refractivity (Wildman–Crippen MR) is 89.6 cm³/mol. The number of halogens is 1. The van der Waals surface area contributed by atoms with Gasteiger partial charge in [0, 0.05) is 13.1 Å². The van der Waals surface area contributed by atoms with Crippen LogP contribution in [-0.4, -0.2) is 28.0 Å². The van der Waals surface area contributed by atoms with E-state index in [2.05, 4.69) is 15.0 Å². The second-order valence-corrected chi connectivity index (χ2v) is 6.12. The number of piperidine rings is 1. The quantitative estimate of drug-likeness (QED) is 0.734. The van der Waals surface area contributed by atoms with Gasteiger partial charge in [-0.15, -0.1) is 0 Å². The van der Waals surface area contributed by atoms with Gasteiger partial charge in [0.15, 0.2) is 23.1 Å². The van der Waals surface area contributed by atoms with Crippen molar-refractivity contribution in [3.63, 3.8) is 0 Å². The summed E-state index contributed by atoms with van der Waals surface area (Å²) in [6, 6.07) is 7.75. The lowest BCUT2D eigenvalue weighted by Gasteiger charge is -2.32. The molecule has 2 aromatic heterocycles. The topological polar surface area (TPSA) is 55.1 Å². The minimum absolute atomic E-state index is 0.144. The molecule has 5 nitrogen and oxygen atoms in total. The van der Waals surface area contributed by atoms with Crippen LogP contribution >= 0.6 is 0 Å². The normalized spacial score (nSPS) is 18.2. The van der Waals surface area contributed by atoms with Crippen molar-refractivity contribution >= 4 is 16.9 Å². The Morgan fingerprint density at radius 2 is 2.17 bits per heavy atom. The van der Waals surface area contributed by atoms with Crippen molar-refractivity contribution in [2.45, 2.75) is 32.1 Å². The van der Waals surface area contributed by atoms with E-state index in [-0.39, 0.29) is 11.7 Å². The Morgan fingerprint density at radius 3 is 3.00 bits per heavy atom. The van der Waals surface area contributed by atoms with Gasteiger partial charge in [-0.3, -0.25) is 0 Å². The first-order chi connectivity index (χ1) is 11.8. The summed E-state index contributed by atoms with van der Waals surface area (Å²) in [5, 5.41) is 0. The molecule has 1 atom stereocenters. The number of nitrogens with zero attached hydrogens (tertiary/aromatic N) is 4. The zero-order valence-electron chi connectivity index (χ0n) is 13.6. The number of anilines is 1. The molecule has 6 heteroatoms. The van der Waals surface area contributed by atoms with Crippen LogP contribution in [0.3, 0.4) is 0 Å². The van der Waals surface area contributed by atoms with Crippen molar-refractivity contribution in [2.24, 2.45) is 0 Å². The SMILES string of the molecule is CCc1ncnc(N2CCCC(c3nc4ccccc4o3)C2)c1F.